The summed E-state index contributed by atoms with van der Waals surface area (Å²) in [5.74, 6) is -0.216. The van der Waals surface area contributed by atoms with Crippen LogP contribution in [0.2, 0.25) is 10.0 Å². The summed E-state index contributed by atoms with van der Waals surface area (Å²) in [5.41, 5.74) is 3.86. The first-order valence-electron chi connectivity index (χ1n) is 8.92. The van der Waals surface area contributed by atoms with Crippen LogP contribution in [0.5, 0.6) is 5.75 Å². The molecule has 1 N–H and O–H groups in total. The number of rotatable bonds is 5. The first kappa shape index (κ1) is 19.4. The van der Waals surface area contributed by atoms with Crippen LogP contribution < -0.4 is 4.74 Å². The van der Waals surface area contributed by atoms with Crippen LogP contribution in [-0.4, -0.2) is 22.8 Å². The molecule has 0 saturated carbocycles. The average molecular weight is 426 g/mol. The van der Waals surface area contributed by atoms with Crippen LogP contribution >= 0.6 is 23.2 Å². The number of carboxylic acids is 1. The van der Waals surface area contributed by atoms with E-state index in [4.69, 9.17) is 27.9 Å². The number of carboxylic acid groups (broad SMARTS) is 1. The molecule has 4 aromatic rings. The molecule has 0 atom stereocenters. The molecule has 3 aromatic carbocycles. The molecule has 1 aromatic heterocycles. The van der Waals surface area contributed by atoms with E-state index in [-0.39, 0.29) is 5.69 Å². The third-order valence-corrected chi connectivity index (χ3v) is 5.63. The fraction of sp³-hybridized carbons (Fsp3) is 0.0870. The highest BCUT2D eigenvalue weighted by molar-refractivity contribution is 6.42. The van der Waals surface area contributed by atoms with Crippen molar-refractivity contribution in [1.29, 1.82) is 0 Å². The third kappa shape index (κ3) is 3.69. The Kier molecular flexibility index (Phi) is 5.22. The Labute approximate surface area is 177 Å². The first-order valence-corrected chi connectivity index (χ1v) is 9.67. The van der Waals surface area contributed by atoms with E-state index in [0.717, 1.165) is 33.3 Å². The lowest BCUT2D eigenvalue weighted by atomic mass is 10.0. The van der Waals surface area contributed by atoms with Crippen molar-refractivity contribution in [1.82, 2.24) is 4.57 Å². The maximum atomic E-state index is 11.9. The maximum absolute atomic E-state index is 11.9. The largest absolute Gasteiger partial charge is 0.497 e. The number of halogens is 2. The second kappa shape index (κ2) is 7.82. The lowest BCUT2D eigenvalue weighted by Gasteiger charge is -2.10. The minimum atomic E-state index is -0.984. The minimum absolute atomic E-state index is 0.215. The van der Waals surface area contributed by atoms with E-state index < -0.39 is 5.97 Å². The normalized spacial score (nSPS) is 11.0. The second-order valence-electron chi connectivity index (χ2n) is 6.64. The monoisotopic (exact) mass is 425 g/mol. The zero-order valence-electron chi connectivity index (χ0n) is 15.5. The number of methoxy groups -OCH3 is 1. The Balaban J connectivity index is 1.86. The van der Waals surface area contributed by atoms with Crippen molar-refractivity contribution in [3.8, 4) is 16.9 Å². The molecule has 29 heavy (non-hydrogen) atoms. The Morgan fingerprint density at radius 1 is 1.00 bits per heavy atom. The summed E-state index contributed by atoms with van der Waals surface area (Å²) in [4.78, 5) is 11.9. The fourth-order valence-electron chi connectivity index (χ4n) is 3.47. The number of aromatic nitrogens is 1. The highest BCUT2D eigenvalue weighted by Crippen LogP contribution is 2.33. The van der Waals surface area contributed by atoms with Gasteiger partial charge in [0.25, 0.3) is 0 Å². The van der Waals surface area contributed by atoms with Gasteiger partial charge in [-0.25, -0.2) is 4.79 Å². The smallest absolute Gasteiger partial charge is 0.352 e. The summed E-state index contributed by atoms with van der Waals surface area (Å²) in [6.07, 6.45) is 0. The van der Waals surface area contributed by atoms with Crippen molar-refractivity contribution in [2.24, 2.45) is 0 Å². The zero-order valence-corrected chi connectivity index (χ0v) is 17.0. The van der Waals surface area contributed by atoms with Crippen molar-refractivity contribution >= 4 is 40.1 Å². The summed E-state index contributed by atoms with van der Waals surface area (Å²) in [6, 6.07) is 20.6. The van der Waals surface area contributed by atoms with E-state index >= 15 is 0 Å². The van der Waals surface area contributed by atoms with Gasteiger partial charge in [0.1, 0.15) is 11.4 Å². The van der Waals surface area contributed by atoms with Crippen LogP contribution in [0.15, 0.2) is 66.7 Å². The van der Waals surface area contributed by atoms with Crippen molar-refractivity contribution < 1.29 is 14.6 Å². The Hall–Kier alpha value is -2.95. The SMILES string of the molecule is COc1ccc(-c2cccc3c2cc(C(=O)O)n3Cc2ccc(Cl)c(Cl)c2)cc1. The summed E-state index contributed by atoms with van der Waals surface area (Å²) >= 11 is 12.1. The molecule has 4 nitrogen and oxygen atoms in total. The summed E-state index contributed by atoms with van der Waals surface area (Å²) in [7, 11) is 1.62. The van der Waals surface area contributed by atoms with Gasteiger partial charge in [-0.1, -0.05) is 53.5 Å². The van der Waals surface area contributed by atoms with E-state index in [9.17, 15) is 9.90 Å². The molecule has 4 rings (SSSR count). The lowest BCUT2D eigenvalue weighted by molar-refractivity contribution is 0.0686. The van der Waals surface area contributed by atoms with E-state index in [1.165, 1.54) is 0 Å². The van der Waals surface area contributed by atoms with Gasteiger partial charge >= 0.3 is 5.97 Å². The predicted octanol–water partition coefficient (Wildman–Crippen LogP) is 6.37. The van der Waals surface area contributed by atoms with Gasteiger partial charge in [0.2, 0.25) is 0 Å². The van der Waals surface area contributed by atoms with E-state index in [0.29, 0.717) is 16.6 Å². The molecule has 0 fully saturated rings. The molecule has 0 saturated heterocycles. The Morgan fingerprint density at radius 3 is 2.41 bits per heavy atom. The van der Waals surface area contributed by atoms with Crippen LogP contribution in [0.25, 0.3) is 22.0 Å². The van der Waals surface area contributed by atoms with Gasteiger partial charge in [0.05, 0.1) is 17.2 Å². The number of hydrogen-bond acceptors (Lipinski definition) is 2. The summed E-state index contributed by atoms with van der Waals surface area (Å²) in [5, 5.41) is 11.6. The molecule has 0 aliphatic heterocycles. The summed E-state index contributed by atoms with van der Waals surface area (Å²) in [6.45, 7) is 0.369. The highest BCUT2D eigenvalue weighted by atomic mass is 35.5. The van der Waals surface area contributed by atoms with E-state index in [1.807, 2.05) is 48.5 Å². The first-order chi connectivity index (χ1) is 14.0. The topological polar surface area (TPSA) is 51.5 Å². The molecule has 0 spiro atoms. The average Bonchev–Trinajstić information content (AvgIpc) is 3.10. The maximum Gasteiger partial charge on any atom is 0.352 e. The molecule has 146 valence electrons. The van der Waals surface area contributed by atoms with E-state index in [2.05, 4.69) is 0 Å². The van der Waals surface area contributed by atoms with Gasteiger partial charge in [-0.05, 0) is 53.1 Å². The second-order valence-corrected chi connectivity index (χ2v) is 7.45. The van der Waals surface area contributed by atoms with Crippen LogP contribution in [-0.2, 0) is 6.54 Å². The zero-order chi connectivity index (χ0) is 20.5. The van der Waals surface area contributed by atoms with Crippen molar-refractivity contribution in [3.63, 3.8) is 0 Å². The van der Waals surface area contributed by atoms with Crippen LogP contribution in [0.1, 0.15) is 16.1 Å². The van der Waals surface area contributed by atoms with Crippen molar-refractivity contribution in [2.75, 3.05) is 7.11 Å². The van der Waals surface area contributed by atoms with Gasteiger partial charge < -0.3 is 14.4 Å². The molecule has 1 heterocycles. The van der Waals surface area contributed by atoms with Gasteiger partial charge in [-0.3, -0.25) is 0 Å². The molecule has 0 amide bonds. The molecule has 0 radical (unpaired) electrons. The number of carbonyl (C=O) groups is 1. The fourth-order valence-corrected chi connectivity index (χ4v) is 3.80. The quantitative estimate of drug-likeness (QED) is 0.404. The number of hydrogen-bond donors (Lipinski definition) is 1. The highest BCUT2D eigenvalue weighted by Gasteiger charge is 2.18. The Morgan fingerprint density at radius 2 is 1.76 bits per heavy atom. The third-order valence-electron chi connectivity index (χ3n) is 4.89. The number of ether oxygens (including phenoxy) is 1. The van der Waals surface area contributed by atoms with Crippen molar-refractivity contribution in [2.45, 2.75) is 6.54 Å². The summed E-state index contributed by atoms with van der Waals surface area (Å²) < 4.78 is 7.01. The van der Waals surface area contributed by atoms with Gasteiger partial charge in [0, 0.05) is 17.4 Å². The van der Waals surface area contributed by atoms with Gasteiger partial charge in [-0.2, -0.15) is 0 Å². The molecule has 6 heteroatoms. The number of aromatic carboxylic acids is 1. The van der Waals surface area contributed by atoms with Crippen LogP contribution in [0.4, 0.5) is 0 Å². The van der Waals surface area contributed by atoms with Crippen LogP contribution in [0.3, 0.4) is 0 Å². The van der Waals surface area contributed by atoms with Gasteiger partial charge in [-0.15, -0.1) is 0 Å². The molecule has 0 unspecified atom stereocenters. The van der Waals surface area contributed by atoms with Crippen molar-refractivity contribution in [3.05, 3.63) is 88.0 Å². The molecular weight excluding hydrogens is 409 g/mol. The predicted molar refractivity (Wildman–Crippen MR) is 116 cm³/mol. The number of benzene rings is 3. The number of fused-ring (bicyclic) bond motifs is 1. The van der Waals surface area contributed by atoms with Crippen LogP contribution in [0, 0.1) is 0 Å². The molecule has 0 aliphatic carbocycles. The van der Waals surface area contributed by atoms with E-state index in [1.54, 1.807) is 29.9 Å². The minimum Gasteiger partial charge on any atom is -0.497 e. The lowest BCUT2D eigenvalue weighted by Crippen LogP contribution is -2.09. The molecule has 0 bridgehead atoms. The molecule has 0 aliphatic rings. The molecular formula is C23H17Cl2NO3. The standard InChI is InChI=1S/C23H17Cl2NO3/c1-29-16-8-6-15(7-9-16)17-3-2-4-21-18(17)12-22(23(27)28)26(21)13-14-5-10-19(24)20(25)11-14/h2-12H,13H2,1H3,(H,27,28). The Bertz CT molecular complexity index is 1210. The number of nitrogens with zero attached hydrogens (tertiary/aromatic N) is 1. The van der Waals surface area contributed by atoms with Gasteiger partial charge in [0.15, 0.2) is 0 Å².